The van der Waals surface area contributed by atoms with Gasteiger partial charge in [-0.3, -0.25) is 0 Å². The van der Waals surface area contributed by atoms with Crippen LogP contribution in [0.1, 0.15) is 12.5 Å². The van der Waals surface area contributed by atoms with Crippen LogP contribution in [0.2, 0.25) is 5.02 Å². The van der Waals surface area contributed by atoms with Crippen molar-refractivity contribution >= 4 is 17.3 Å². The summed E-state index contributed by atoms with van der Waals surface area (Å²) >= 11 is 5.85. The van der Waals surface area contributed by atoms with E-state index in [0.29, 0.717) is 6.54 Å². The van der Waals surface area contributed by atoms with Crippen LogP contribution in [-0.2, 0) is 6.42 Å². The fourth-order valence-corrected chi connectivity index (χ4v) is 2.41. The van der Waals surface area contributed by atoms with Gasteiger partial charge in [-0.05, 0) is 37.1 Å². The molecule has 0 aliphatic heterocycles. The van der Waals surface area contributed by atoms with Crippen LogP contribution in [-0.4, -0.2) is 24.3 Å². The molecule has 0 amide bonds. The number of halogens is 2. The van der Waals surface area contributed by atoms with Crippen molar-refractivity contribution < 1.29 is 9.50 Å². The molecule has 2 aromatic rings. The van der Waals surface area contributed by atoms with E-state index in [1.807, 2.05) is 23.1 Å². The number of hydrogen-bond acceptors (Lipinski definition) is 2. The molecule has 0 radical (unpaired) electrons. The summed E-state index contributed by atoms with van der Waals surface area (Å²) in [6.07, 6.45) is 0.382. The summed E-state index contributed by atoms with van der Waals surface area (Å²) in [5, 5.41) is 9.76. The van der Waals surface area contributed by atoms with E-state index in [4.69, 9.17) is 11.6 Å². The van der Waals surface area contributed by atoms with Gasteiger partial charge in [-0.25, -0.2) is 4.39 Å². The van der Waals surface area contributed by atoms with Gasteiger partial charge in [-0.15, -0.1) is 0 Å². The van der Waals surface area contributed by atoms with Crippen LogP contribution in [0.15, 0.2) is 48.5 Å². The van der Waals surface area contributed by atoms with Crippen molar-refractivity contribution in [3.05, 3.63) is 64.9 Å². The lowest BCUT2D eigenvalue weighted by molar-refractivity contribution is 0.200. The van der Waals surface area contributed by atoms with E-state index in [-0.39, 0.29) is 5.02 Å². The lowest BCUT2D eigenvalue weighted by Crippen LogP contribution is -2.32. The average Bonchev–Trinajstić information content (AvgIpc) is 2.47. The summed E-state index contributed by atoms with van der Waals surface area (Å²) in [6.45, 7) is 2.95. The molecule has 112 valence electrons. The Morgan fingerprint density at radius 3 is 2.52 bits per heavy atom. The van der Waals surface area contributed by atoms with E-state index in [2.05, 4.69) is 12.1 Å². The third-order valence-electron chi connectivity index (χ3n) is 3.27. The van der Waals surface area contributed by atoms with Gasteiger partial charge in [0.05, 0.1) is 11.1 Å². The standard InChI is InChI=1S/C17H19ClFNO/c1-13(21)12-20(10-9-14-5-3-2-4-6-14)15-7-8-17(19)16(18)11-15/h2-8,11,13,21H,9-10,12H2,1H3. The molecule has 0 aromatic heterocycles. The maximum absolute atomic E-state index is 13.3. The number of benzene rings is 2. The minimum absolute atomic E-state index is 0.0998. The summed E-state index contributed by atoms with van der Waals surface area (Å²) in [6, 6.07) is 14.8. The SMILES string of the molecule is CC(O)CN(CCc1ccccc1)c1ccc(F)c(Cl)c1. The molecule has 2 aromatic carbocycles. The van der Waals surface area contributed by atoms with Crippen molar-refractivity contribution in [3.8, 4) is 0 Å². The molecule has 2 nitrogen and oxygen atoms in total. The Morgan fingerprint density at radius 1 is 1.19 bits per heavy atom. The third kappa shape index (κ3) is 4.73. The lowest BCUT2D eigenvalue weighted by atomic mass is 10.1. The Morgan fingerprint density at radius 2 is 1.90 bits per heavy atom. The lowest BCUT2D eigenvalue weighted by Gasteiger charge is -2.26. The highest BCUT2D eigenvalue weighted by atomic mass is 35.5. The fraction of sp³-hybridized carbons (Fsp3) is 0.294. The van der Waals surface area contributed by atoms with E-state index < -0.39 is 11.9 Å². The third-order valence-corrected chi connectivity index (χ3v) is 3.56. The zero-order valence-corrected chi connectivity index (χ0v) is 12.7. The Bertz CT molecular complexity index is 574. The molecule has 0 heterocycles. The van der Waals surface area contributed by atoms with Crippen molar-refractivity contribution in [2.75, 3.05) is 18.0 Å². The molecule has 0 aliphatic carbocycles. The molecule has 0 fully saturated rings. The minimum Gasteiger partial charge on any atom is -0.392 e. The molecule has 0 aliphatic rings. The highest BCUT2D eigenvalue weighted by Gasteiger charge is 2.11. The summed E-state index contributed by atoms with van der Waals surface area (Å²) < 4.78 is 13.3. The molecule has 0 saturated carbocycles. The maximum Gasteiger partial charge on any atom is 0.141 e. The van der Waals surface area contributed by atoms with Gasteiger partial charge in [-0.2, -0.15) is 0 Å². The number of hydrogen-bond donors (Lipinski definition) is 1. The quantitative estimate of drug-likeness (QED) is 0.874. The molecule has 1 atom stereocenters. The van der Waals surface area contributed by atoms with Gasteiger partial charge < -0.3 is 10.0 Å². The second-order valence-electron chi connectivity index (χ2n) is 5.13. The number of aliphatic hydroxyl groups is 1. The van der Waals surface area contributed by atoms with Crippen LogP contribution in [0, 0.1) is 5.82 Å². The zero-order valence-electron chi connectivity index (χ0n) is 12.0. The van der Waals surface area contributed by atoms with Gasteiger partial charge in [-0.1, -0.05) is 41.9 Å². The van der Waals surface area contributed by atoms with E-state index in [1.54, 1.807) is 19.1 Å². The predicted octanol–water partition coefficient (Wildman–Crippen LogP) is 3.91. The molecular formula is C17H19ClFNO. The summed E-state index contributed by atoms with van der Waals surface area (Å²) in [5.41, 5.74) is 2.04. The first-order valence-corrected chi connectivity index (χ1v) is 7.36. The molecule has 4 heteroatoms. The van der Waals surface area contributed by atoms with Crippen LogP contribution in [0.25, 0.3) is 0 Å². The van der Waals surface area contributed by atoms with Gasteiger partial charge in [0.25, 0.3) is 0 Å². The zero-order chi connectivity index (χ0) is 15.2. The van der Waals surface area contributed by atoms with Crippen molar-refractivity contribution in [2.45, 2.75) is 19.4 Å². The van der Waals surface area contributed by atoms with Crippen LogP contribution in [0.5, 0.6) is 0 Å². The van der Waals surface area contributed by atoms with E-state index in [0.717, 1.165) is 18.7 Å². The highest BCUT2D eigenvalue weighted by molar-refractivity contribution is 6.31. The second kappa shape index (κ2) is 7.43. The summed E-state index contributed by atoms with van der Waals surface area (Å²) in [4.78, 5) is 2.02. The molecule has 1 unspecified atom stereocenters. The predicted molar refractivity (Wildman–Crippen MR) is 85.4 cm³/mol. The van der Waals surface area contributed by atoms with Gasteiger partial charge >= 0.3 is 0 Å². The summed E-state index contributed by atoms with van der Waals surface area (Å²) in [5.74, 6) is -0.430. The van der Waals surface area contributed by atoms with E-state index in [9.17, 15) is 9.50 Å². The van der Waals surface area contributed by atoms with Gasteiger partial charge in [0, 0.05) is 18.8 Å². The van der Waals surface area contributed by atoms with Crippen molar-refractivity contribution in [2.24, 2.45) is 0 Å². The highest BCUT2D eigenvalue weighted by Crippen LogP contribution is 2.23. The topological polar surface area (TPSA) is 23.5 Å². The van der Waals surface area contributed by atoms with Crippen LogP contribution in [0.4, 0.5) is 10.1 Å². The smallest absolute Gasteiger partial charge is 0.141 e. The number of anilines is 1. The van der Waals surface area contributed by atoms with Crippen LogP contribution >= 0.6 is 11.6 Å². The molecular weight excluding hydrogens is 289 g/mol. The summed E-state index contributed by atoms with van der Waals surface area (Å²) in [7, 11) is 0. The monoisotopic (exact) mass is 307 g/mol. The maximum atomic E-state index is 13.3. The van der Waals surface area contributed by atoms with Crippen molar-refractivity contribution in [3.63, 3.8) is 0 Å². The Kier molecular flexibility index (Phi) is 5.59. The first-order valence-electron chi connectivity index (χ1n) is 6.98. The minimum atomic E-state index is -0.468. The Hall–Kier alpha value is -1.58. The molecule has 0 bridgehead atoms. The molecule has 21 heavy (non-hydrogen) atoms. The van der Waals surface area contributed by atoms with Crippen molar-refractivity contribution in [1.82, 2.24) is 0 Å². The average molecular weight is 308 g/mol. The second-order valence-corrected chi connectivity index (χ2v) is 5.54. The number of aliphatic hydroxyl groups excluding tert-OH is 1. The molecule has 1 N–H and O–H groups in total. The number of nitrogens with zero attached hydrogens (tertiary/aromatic N) is 1. The molecule has 0 saturated heterocycles. The largest absolute Gasteiger partial charge is 0.392 e. The molecule has 2 rings (SSSR count). The van der Waals surface area contributed by atoms with Gasteiger partial charge in [0.1, 0.15) is 5.82 Å². The fourth-order valence-electron chi connectivity index (χ4n) is 2.24. The molecule has 0 spiro atoms. The normalized spacial score (nSPS) is 12.2. The number of rotatable bonds is 6. The van der Waals surface area contributed by atoms with Gasteiger partial charge in [0.2, 0.25) is 0 Å². The first-order chi connectivity index (χ1) is 10.1. The van der Waals surface area contributed by atoms with Crippen LogP contribution < -0.4 is 4.90 Å². The van der Waals surface area contributed by atoms with E-state index >= 15 is 0 Å². The van der Waals surface area contributed by atoms with Gasteiger partial charge in [0.15, 0.2) is 0 Å². The first kappa shape index (κ1) is 15.8. The van der Waals surface area contributed by atoms with Crippen molar-refractivity contribution in [1.29, 1.82) is 0 Å². The van der Waals surface area contributed by atoms with E-state index in [1.165, 1.54) is 11.6 Å². The Labute approximate surface area is 129 Å². The Balaban J connectivity index is 2.12. The van der Waals surface area contributed by atoms with Crippen LogP contribution in [0.3, 0.4) is 0 Å².